The van der Waals surface area contributed by atoms with Crippen molar-refractivity contribution in [3.8, 4) is 5.75 Å². The lowest BCUT2D eigenvalue weighted by Gasteiger charge is -2.23. The number of nitrogens with one attached hydrogen (secondary N) is 3. The fraction of sp³-hybridized carbons (Fsp3) is 0.333. The lowest BCUT2D eigenvalue weighted by atomic mass is 10.1. The molecule has 0 unspecified atom stereocenters. The molecule has 11 heteroatoms. The Kier molecular flexibility index (Phi) is 9.97. The van der Waals surface area contributed by atoms with Crippen LogP contribution in [0.15, 0.2) is 67.1 Å². The van der Waals surface area contributed by atoms with Gasteiger partial charge in [-0.15, -0.1) is 0 Å². The van der Waals surface area contributed by atoms with Gasteiger partial charge in [0.1, 0.15) is 18.3 Å². The Morgan fingerprint density at radius 2 is 1.76 bits per heavy atom. The molecule has 0 saturated carbocycles. The molecule has 11 nitrogen and oxygen atoms in total. The molecule has 0 aliphatic rings. The van der Waals surface area contributed by atoms with E-state index in [0.29, 0.717) is 6.54 Å². The summed E-state index contributed by atoms with van der Waals surface area (Å²) in [7, 11) is 1.59. The van der Waals surface area contributed by atoms with Crippen molar-refractivity contribution < 1.29 is 23.9 Å². The van der Waals surface area contributed by atoms with E-state index in [0.717, 1.165) is 16.9 Å². The summed E-state index contributed by atoms with van der Waals surface area (Å²) in [6, 6.07) is 15.8. The topological polar surface area (TPSA) is 150 Å². The average molecular weight is 523 g/mol. The summed E-state index contributed by atoms with van der Waals surface area (Å²) in [5.41, 5.74) is 6.56. The molecule has 0 aliphatic heterocycles. The SMILES string of the molecule is COc1ccc(CNC(=O)Cn2cnc(NC(=O)[C@@H](COCc3ccccc3)NC(=O)C(C)(C)N)c2)cc1. The third kappa shape index (κ3) is 9.02. The van der Waals surface area contributed by atoms with Gasteiger partial charge in [0, 0.05) is 12.7 Å². The number of anilines is 1. The molecule has 2 aromatic carbocycles. The van der Waals surface area contributed by atoms with Crippen molar-refractivity contribution in [3.05, 3.63) is 78.2 Å². The number of hydrogen-bond acceptors (Lipinski definition) is 7. The van der Waals surface area contributed by atoms with E-state index >= 15 is 0 Å². The highest BCUT2D eigenvalue weighted by atomic mass is 16.5. The highest BCUT2D eigenvalue weighted by Crippen LogP contribution is 2.11. The predicted molar refractivity (Wildman–Crippen MR) is 142 cm³/mol. The van der Waals surface area contributed by atoms with E-state index in [2.05, 4.69) is 20.9 Å². The van der Waals surface area contributed by atoms with E-state index in [1.54, 1.807) is 25.5 Å². The second-order valence-electron chi connectivity index (χ2n) is 9.29. The van der Waals surface area contributed by atoms with Gasteiger partial charge in [0.25, 0.3) is 5.91 Å². The van der Waals surface area contributed by atoms with Crippen molar-refractivity contribution in [2.24, 2.45) is 5.73 Å². The number of nitrogens with zero attached hydrogens (tertiary/aromatic N) is 2. The van der Waals surface area contributed by atoms with E-state index in [4.69, 9.17) is 15.2 Å². The van der Waals surface area contributed by atoms with E-state index in [1.165, 1.54) is 12.5 Å². The van der Waals surface area contributed by atoms with E-state index in [-0.39, 0.29) is 31.5 Å². The Balaban J connectivity index is 1.54. The Labute approximate surface area is 221 Å². The summed E-state index contributed by atoms with van der Waals surface area (Å²) in [4.78, 5) is 41.9. The van der Waals surface area contributed by atoms with E-state index in [1.807, 2.05) is 54.6 Å². The second-order valence-corrected chi connectivity index (χ2v) is 9.29. The number of rotatable bonds is 13. The minimum Gasteiger partial charge on any atom is -0.497 e. The van der Waals surface area contributed by atoms with Crippen molar-refractivity contribution >= 4 is 23.5 Å². The molecule has 0 fully saturated rings. The van der Waals surface area contributed by atoms with Crippen LogP contribution in [0.5, 0.6) is 5.75 Å². The molecule has 3 rings (SSSR count). The van der Waals surface area contributed by atoms with Gasteiger partial charge in [0.15, 0.2) is 5.82 Å². The van der Waals surface area contributed by atoms with Crippen molar-refractivity contribution in [3.63, 3.8) is 0 Å². The number of carbonyl (C=O) groups is 3. The van der Waals surface area contributed by atoms with Crippen LogP contribution in [0, 0.1) is 0 Å². The summed E-state index contributed by atoms with van der Waals surface area (Å²) in [6.45, 7) is 3.67. The smallest absolute Gasteiger partial charge is 0.250 e. The van der Waals surface area contributed by atoms with Crippen molar-refractivity contribution in [1.82, 2.24) is 20.2 Å². The maximum absolute atomic E-state index is 13.0. The number of amides is 3. The summed E-state index contributed by atoms with van der Waals surface area (Å²) in [5.74, 6) is -0.276. The zero-order valence-electron chi connectivity index (χ0n) is 21.8. The molecule has 1 heterocycles. The van der Waals surface area contributed by atoms with E-state index < -0.39 is 23.4 Å². The average Bonchev–Trinajstić information content (AvgIpc) is 3.33. The number of aromatic nitrogens is 2. The van der Waals surface area contributed by atoms with Crippen LogP contribution in [0.2, 0.25) is 0 Å². The molecule has 0 aliphatic carbocycles. The molecule has 0 bridgehead atoms. The van der Waals surface area contributed by atoms with Crippen LogP contribution in [-0.4, -0.2) is 52.6 Å². The molecule has 5 N–H and O–H groups in total. The monoisotopic (exact) mass is 522 g/mol. The number of imidazole rings is 1. The van der Waals surface area contributed by atoms with Gasteiger partial charge in [-0.05, 0) is 37.1 Å². The third-order valence-electron chi connectivity index (χ3n) is 5.46. The number of carbonyl (C=O) groups excluding carboxylic acids is 3. The number of benzene rings is 2. The van der Waals surface area contributed by atoms with Crippen molar-refractivity contribution in [1.29, 1.82) is 0 Å². The van der Waals surface area contributed by atoms with Gasteiger partial charge in [0.05, 0.1) is 32.2 Å². The quantitative estimate of drug-likeness (QED) is 0.266. The first kappa shape index (κ1) is 28.4. The van der Waals surface area contributed by atoms with E-state index in [9.17, 15) is 14.4 Å². The lowest BCUT2D eigenvalue weighted by Crippen LogP contribution is -2.56. The fourth-order valence-electron chi connectivity index (χ4n) is 3.29. The van der Waals surface area contributed by atoms with Crippen LogP contribution in [-0.2, 0) is 38.8 Å². The fourth-order valence-corrected chi connectivity index (χ4v) is 3.29. The van der Waals surface area contributed by atoms with Gasteiger partial charge in [-0.25, -0.2) is 4.98 Å². The zero-order chi connectivity index (χ0) is 27.5. The standard InChI is InChI=1S/C27H34N6O5/c1-27(2,28)26(36)31-22(17-38-16-20-7-5-4-6-8-20)25(35)32-23-14-33(18-30-23)15-24(34)29-13-19-9-11-21(37-3)12-10-19/h4-12,14,18,22H,13,15-17,28H2,1-3H3,(H,29,34)(H,31,36)(H,32,35)/t22-/m1/s1. The first-order valence-electron chi connectivity index (χ1n) is 12.1. The molecule has 202 valence electrons. The molecule has 0 radical (unpaired) electrons. The maximum Gasteiger partial charge on any atom is 0.250 e. The van der Waals surface area contributed by atoms with Crippen molar-refractivity contribution in [2.75, 3.05) is 19.0 Å². The first-order valence-corrected chi connectivity index (χ1v) is 12.1. The van der Waals surface area contributed by atoms with Crippen LogP contribution >= 0.6 is 0 Å². The van der Waals surface area contributed by atoms with Gasteiger partial charge in [-0.1, -0.05) is 42.5 Å². The van der Waals surface area contributed by atoms with Crippen molar-refractivity contribution in [2.45, 2.75) is 45.1 Å². The highest BCUT2D eigenvalue weighted by molar-refractivity contribution is 5.98. The number of ether oxygens (including phenoxy) is 2. The Bertz CT molecular complexity index is 1200. The minimum absolute atomic E-state index is 0.0146. The Hall–Kier alpha value is -4.22. The van der Waals surface area contributed by atoms with Crippen LogP contribution in [0.3, 0.4) is 0 Å². The molecule has 0 saturated heterocycles. The molecule has 0 spiro atoms. The molecule has 38 heavy (non-hydrogen) atoms. The summed E-state index contributed by atoms with van der Waals surface area (Å²) >= 11 is 0. The third-order valence-corrected chi connectivity index (χ3v) is 5.46. The number of hydrogen-bond donors (Lipinski definition) is 4. The largest absolute Gasteiger partial charge is 0.497 e. The van der Waals surface area contributed by atoms with Crippen LogP contribution in [0.25, 0.3) is 0 Å². The summed E-state index contributed by atoms with van der Waals surface area (Å²) in [5, 5.41) is 8.13. The second kappa shape index (κ2) is 13.4. The maximum atomic E-state index is 13.0. The van der Waals surface area contributed by atoms with Gasteiger partial charge < -0.3 is 35.7 Å². The van der Waals surface area contributed by atoms with Crippen LogP contribution in [0.4, 0.5) is 5.82 Å². The minimum atomic E-state index is -1.18. The lowest BCUT2D eigenvalue weighted by molar-refractivity contribution is -0.130. The van der Waals surface area contributed by atoms with Crippen LogP contribution < -0.4 is 26.4 Å². The van der Waals surface area contributed by atoms with Gasteiger partial charge >= 0.3 is 0 Å². The molecule has 1 aromatic heterocycles. The molecule has 3 aromatic rings. The van der Waals surface area contributed by atoms with Gasteiger partial charge in [-0.2, -0.15) is 0 Å². The molecule has 3 amide bonds. The van der Waals surface area contributed by atoms with Gasteiger partial charge in [0.2, 0.25) is 11.8 Å². The predicted octanol–water partition coefficient (Wildman–Crippen LogP) is 1.59. The molecular weight excluding hydrogens is 488 g/mol. The normalized spacial score (nSPS) is 11.9. The first-order chi connectivity index (χ1) is 18.1. The number of methoxy groups -OCH3 is 1. The van der Waals surface area contributed by atoms with Crippen LogP contribution in [0.1, 0.15) is 25.0 Å². The summed E-state index contributed by atoms with van der Waals surface area (Å²) < 4.78 is 12.4. The zero-order valence-corrected chi connectivity index (χ0v) is 21.8. The molecule has 1 atom stereocenters. The Morgan fingerprint density at radius 3 is 2.42 bits per heavy atom. The highest BCUT2D eigenvalue weighted by Gasteiger charge is 2.28. The van der Waals surface area contributed by atoms with Gasteiger partial charge in [-0.3, -0.25) is 14.4 Å². The summed E-state index contributed by atoms with van der Waals surface area (Å²) in [6.07, 6.45) is 2.96. The number of nitrogens with two attached hydrogens (primary N) is 1. The molecular formula is C27H34N6O5. The Morgan fingerprint density at radius 1 is 1.05 bits per heavy atom.